The number of thioether (sulfide) groups is 1. The molecule has 1 aromatic carbocycles. The van der Waals surface area contributed by atoms with Crippen molar-refractivity contribution in [1.82, 2.24) is 20.3 Å². The number of hydrogen-bond acceptors (Lipinski definition) is 6. The molecule has 3 aromatic rings. The van der Waals surface area contributed by atoms with Gasteiger partial charge in [0.1, 0.15) is 6.33 Å². The number of benzene rings is 1. The highest BCUT2D eigenvalue weighted by Gasteiger charge is 2.47. The third-order valence-corrected chi connectivity index (χ3v) is 8.84. The van der Waals surface area contributed by atoms with Crippen molar-refractivity contribution in [3.63, 3.8) is 0 Å². The Morgan fingerprint density at radius 1 is 1.16 bits per heavy atom. The van der Waals surface area contributed by atoms with Crippen LogP contribution in [0.15, 0.2) is 47.8 Å². The number of pyridine rings is 1. The fourth-order valence-corrected chi connectivity index (χ4v) is 6.61. The summed E-state index contributed by atoms with van der Waals surface area (Å²) in [4.78, 5) is 30.4. The number of fused-ring (bicyclic) bond motifs is 2. The van der Waals surface area contributed by atoms with Gasteiger partial charge in [-0.05, 0) is 60.8 Å². The van der Waals surface area contributed by atoms with Crippen molar-refractivity contribution >= 4 is 23.5 Å². The summed E-state index contributed by atoms with van der Waals surface area (Å²) in [6.07, 6.45) is 10.3. The molecule has 1 N–H and O–H groups in total. The number of aromatic nitrogens is 3. The van der Waals surface area contributed by atoms with E-state index in [1.807, 2.05) is 22.9 Å². The molecule has 2 fully saturated rings. The van der Waals surface area contributed by atoms with Gasteiger partial charge in [-0.2, -0.15) is 0 Å². The van der Waals surface area contributed by atoms with Crippen molar-refractivity contribution < 1.29 is 9.53 Å². The Bertz CT molecular complexity index is 1300. The predicted octanol–water partition coefficient (Wildman–Crippen LogP) is 6.08. The molecule has 192 valence electrons. The van der Waals surface area contributed by atoms with Gasteiger partial charge >= 0.3 is 6.03 Å². The van der Waals surface area contributed by atoms with Crippen LogP contribution in [0.25, 0.3) is 11.3 Å². The molecule has 0 atom stereocenters. The van der Waals surface area contributed by atoms with Gasteiger partial charge < -0.3 is 10.1 Å². The first-order chi connectivity index (χ1) is 18.1. The van der Waals surface area contributed by atoms with Gasteiger partial charge in [-0.3, -0.25) is 9.88 Å². The van der Waals surface area contributed by atoms with Gasteiger partial charge in [-0.25, -0.2) is 14.8 Å². The number of ether oxygens (including phenoxy) is 1. The third-order valence-electron chi connectivity index (χ3n) is 7.95. The highest BCUT2D eigenvalue weighted by molar-refractivity contribution is 7.99. The van der Waals surface area contributed by atoms with Gasteiger partial charge in [0.05, 0.1) is 35.9 Å². The largest absolute Gasteiger partial charge is 0.480 e. The zero-order valence-electron chi connectivity index (χ0n) is 21.5. The summed E-state index contributed by atoms with van der Waals surface area (Å²) in [7, 11) is 1.65. The van der Waals surface area contributed by atoms with E-state index in [4.69, 9.17) is 9.72 Å². The highest BCUT2D eigenvalue weighted by atomic mass is 32.2. The zero-order valence-corrected chi connectivity index (χ0v) is 22.3. The Hall–Kier alpha value is -3.13. The molecule has 3 heterocycles. The van der Waals surface area contributed by atoms with Gasteiger partial charge in [0.15, 0.2) is 0 Å². The summed E-state index contributed by atoms with van der Waals surface area (Å²) >= 11 is 1.82. The van der Waals surface area contributed by atoms with Gasteiger partial charge in [0.25, 0.3) is 0 Å². The molecule has 2 saturated carbocycles. The fourth-order valence-electron chi connectivity index (χ4n) is 5.95. The summed E-state index contributed by atoms with van der Waals surface area (Å²) in [5, 5.41) is 3.15. The van der Waals surface area contributed by atoms with Crippen molar-refractivity contribution in [2.75, 3.05) is 24.3 Å². The van der Waals surface area contributed by atoms with E-state index in [1.165, 1.54) is 23.3 Å². The van der Waals surface area contributed by atoms with E-state index in [0.29, 0.717) is 24.9 Å². The molecule has 7 nitrogen and oxygen atoms in total. The fraction of sp³-hybridized carbons (Fsp3) is 0.448. The van der Waals surface area contributed by atoms with Gasteiger partial charge in [-0.1, -0.05) is 31.9 Å². The third kappa shape index (κ3) is 4.56. The number of hydrogen-bond donors (Lipinski definition) is 1. The Kier molecular flexibility index (Phi) is 6.53. The lowest BCUT2D eigenvalue weighted by atomic mass is 9.80. The molecule has 2 aliphatic carbocycles. The van der Waals surface area contributed by atoms with Crippen LogP contribution in [0.2, 0.25) is 0 Å². The monoisotopic (exact) mass is 515 g/mol. The molecule has 1 aliphatic heterocycles. The maximum absolute atomic E-state index is 13.4. The van der Waals surface area contributed by atoms with E-state index in [1.54, 1.807) is 13.4 Å². The Morgan fingerprint density at radius 3 is 2.65 bits per heavy atom. The van der Waals surface area contributed by atoms with Crippen molar-refractivity contribution in [2.45, 2.75) is 68.2 Å². The van der Waals surface area contributed by atoms with Gasteiger partial charge in [-0.15, -0.1) is 11.8 Å². The van der Waals surface area contributed by atoms with Crippen LogP contribution in [0.4, 0.5) is 10.5 Å². The molecular weight excluding hydrogens is 482 g/mol. The van der Waals surface area contributed by atoms with Crippen LogP contribution < -0.4 is 15.0 Å². The molecular formula is C29H33N5O2S. The summed E-state index contributed by atoms with van der Waals surface area (Å²) in [5.74, 6) is 2.06. The maximum Gasteiger partial charge on any atom is 0.322 e. The normalized spacial score (nSPS) is 17.7. The number of carbonyl (C=O) groups excluding carboxylic acids is 1. The van der Waals surface area contributed by atoms with Crippen LogP contribution in [-0.4, -0.2) is 40.4 Å². The van der Waals surface area contributed by atoms with Crippen LogP contribution in [0.5, 0.6) is 5.88 Å². The number of anilines is 1. The van der Waals surface area contributed by atoms with Crippen molar-refractivity contribution in [1.29, 1.82) is 0 Å². The molecule has 6 rings (SSSR count). The lowest BCUT2D eigenvalue weighted by Crippen LogP contribution is -2.41. The molecule has 0 radical (unpaired) electrons. The highest BCUT2D eigenvalue weighted by Crippen LogP contribution is 2.52. The number of nitrogens with one attached hydrogen (secondary N) is 1. The second kappa shape index (κ2) is 9.97. The van der Waals surface area contributed by atoms with Crippen LogP contribution in [-0.2, 0) is 12.0 Å². The number of nitrogens with zero attached hydrogens (tertiary/aromatic N) is 4. The first-order valence-corrected chi connectivity index (χ1v) is 14.3. The second-order valence-corrected chi connectivity index (χ2v) is 11.7. The van der Waals surface area contributed by atoms with Gasteiger partial charge in [0, 0.05) is 29.3 Å². The number of rotatable bonds is 7. The number of methoxy groups -OCH3 is 1. The number of urea groups is 1. The van der Waals surface area contributed by atoms with Crippen molar-refractivity contribution in [3.8, 4) is 17.1 Å². The molecule has 0 bridgehead atoms. The minimum Gasteiger partial charge on any atom is -0.480 e. The predicted molar refractivity (Wildman–Crippen MR) is 146 cm³/mol. The van der Waals surface area contributed by atoms with E-state index >= 15 is 0 Å². The zero-order chi connectivity index (χ0) is 25.4. The van der Waals surface area contributed by atoms with Crippen molar-refractivity contribution in [3.05, 3.63) is 59.7 Å². The van der Waals surface area contributed by atoms with Crippen LogP contribution in [0, 0.1) is 0 Å². The van der Waals surface area contributed by atoms with Crippen molar-refractivity contribution in [2.24, 2.45) is 0 Å². The maximum atomic E-state index is 13.4. The Balaban J connectivity index is 1.29. The summed E-state index contributed by atoms with van der Waals surface area (Å²) in [6, 6.07) is 10.6. The minimum absolute atomic E-state index is 0.0218. The average molecular weight is 516 g/mol. The summed E-state index contributed by atoms with van der Waals surface area (Å²) in [6.45, 7) is 3.35. The van der Waals surface area contributed by atoms with E-state index in [2.05, 4.69) is 52.5 Å². The Labute approximate surface area is 222 Å². The Morgan fingerprint density at radius 2 is 1.95 bits per heavy atom. The molecule has 8 heteroatoms. The molecule has 1 spiro atoms. The molecule has 2 amide bonds. The van der Waals surface area contributed by atoms with E-state index in [-0.39, 0.29) is 11.4 Å². The average Bonchev–Trinajstić information content (AvgIpc) is 3.60. The van der Waals surface area contributed by atoms with E-state index < -0.39 is 0 Å². The number of amides is 2. The molecule has 2 aromatic heterocycles. The molecule has 3 aliphatic rings. The van der Waals surface area contributed by atoms with E-state index in [0.717, 1.165) is 59.6 Å². The van der Waals surface area contributed by atoms with Gasteiger partial charge in [0.2, 0.25) is 5.88 Å². The lowest BCUT2D eigenvalue weighted by molar-refractivity contribution is 0.245. The van der Waals surface area contributed by atoms with Crippen LogP contribution >= 0.6 is 11.8 Å². The SMILES string of the molecule is CCSc1ccc(CNC(=O)N2CC3(CCCC3)c3cc(-c4c(OC)ncnc4C4CC4)ncc32)cc1. The standard InChI is InChI=1S/C29H33N5O2S/c1-3-37-21-10-6-19(7-11-21)15-31-28(35)34-17-29(12-4-5-13-29)22-14-23(30-16-24(22)34)25-26(20-8-9-20)32-18-33-27(25)36-2/h6-7,10-11,14,16,18,20H,3-5,8-9,12-13,15,17H2,1-2H3,(H,31,35). The number of carbonyl (C=O) groups is 1. The summed E-state index contributed by atoms with van der Waals surface area (Å²) < 4.78 is 5.64. The molecule has 0 saturated heterocycles. The quantitative estimate of drug-likeness (QED) is 0.384. The molecule has 37 heavy (non-hydrogen) atoms. The summed E-state index contributed by atoms with van der Waals surface area (Å²) in [5.41, 5.74) is 5.98. The van der Waals surface area contributed by atoms with E-state index in [9.17, 15) is 4.79 Å². The van der Waals surface area contributed by atoms with Crippen LogP contribution in [0.1, 0.15) is 68.2 Å². The minimum atomic E-state index is -0.0640. The first kappa shape index (κ1) is 24.2. The topological polar surface area (TPSA) is 80.2 Å². The van der Waals surface area contributed by atoms with Crippen LogP contribution in [0.3, 0.4) is 0 Å². The first-order valence-electron chi connectivity index (χ1n) is 13.3. The molecule has 0 unspecified atom stereocenters. The smallest absolute Gasteiger partial charge is 0.322 e. The second-order valence-electron chi connectivity index (χ2n) is 10.3. The lowest BCUT2D eigenvalue weighted by Gasteiger charge is -2.25.